The van der Waals surface area contributed by atoms with Gasteiger partial charge in [0.05, 0.1) is 0 Å². The van der Waals surface area contributed by atoms with Crippen LogP contribution in [0.25, 0.3) is 16.9 Å². The Kier molecular flexibility index (Phi) is 3.11. The molecule has 5 heteroatoms. The number of hydrogen-bond donors (Lipinski definition) is 1. The van der Waals surface area contributed by atoms with Gasteiger partial charge >= 0.3 is 0 Å². The lowest BCUT2D eigenvalue weighted by Crippen LogP contribution is -1.97. The van der Waals surface area contributed by atoms with Crippen molar-refractivity contribution in [1.82, 2.24) is 9.38 Å². The number of rotatable bonds is 1. The largest absolute Gasteiger partial charge is 0.383 e. The molecule has 0 aliphatic heterocycles. The van der Waals surface area contributed by atoms with Crippen LogP contribution in [0, 0.1) is 6.92 Å². The van der Waals surface area contributed by atoms with Crippen LogP contribution in [-0.2, 0) is 0 Å². The number of benzene rings is 1. The third-order valence-corrected chi connectivity index (χ3v) is 4.95. The topological polar surface area (TPSA) is 43.3 Å². The fraction of sp³-hybridized carbons (Fsp3) is 0.0714. The van der Waals surface area contributed by atoms with Gasteiger partial charge in [-0.25, -0.2) is 4.98 Å². The lowest BCUT2D eigenvalue weighted by Gasteiger charge is -2.03. The van der Waals surface area contributed by atoms with E-state index in [1.165, 1.54) is 0 Å². The van der Waals surface area contributed by atoms with Gasteiger partial charge in [0.1, 0.15) is 17.2 Å². The summed E-state index contributed by atoms with van der Waals surface area (Å²) in [6.07, 6.45) is 0. The predicted octanol–water partition coefficient (Wildman–Crippen LogP) is 4.42. The van der Waals surface area contributed by atoms with E-state index in [-0.39, 0.29) is 0 Å². The van der Waals surface area contributed by atoms with Gasteiger partial charge in [-0.1, -0.05) is 12.1 Å². The summed E-state index contributed by atoms with van der Waals surface area (Å²) in [4.78, 5) is 4.62. The van der Waals surface area contributed by atoms with Crippen molar-refractivity contribution in [3.05, 3.63) is 51.0 Å². The third kappa shape index (κ3) is 2.07. The number of halogens is 2. The molecule has 0 fully saturated rings. The van der Waals surface area contributed by atoms with Gasteiger partial charge in [0.25, 0.3) is 0 Å². The minimum atomic E-state index is 0.669. The standard InChI is InChI=1S/C14H11Br2N3/c1-8-3-2-4-12-18-13(14(17)19(8)12)9-5-6-10(15)11(16)7-9/h2-7H,17H2,1H3. The first-order valence-electron chi connectivity index (χ1n) is 5.77. The zero-order valence-corrected chi connectivity index (χ0v) is 13.4. The Hall–Kier alpha value is -1.33. The van der Waals surface area contributed by atoms with Crippen LogP contribution >= 0.6 is 31.9 Å². The van der Waals surface area contributed by atoms with Gasteiger partial charge in [0, 0.05) is 20.2 Å². The Bertz CT molecular complexity index is 778. The highest BCUT2D eigenvalue weighted by Crippen LogP contribution is 2.32. The minimum absolute atomic E-state index is 0.669. The number of pyridine rings is 1. The van der Waals surface area contributed by atoms with Gasteiger partial charge in [-0.15, -0.1) is 0 Å². The van der Waals surface area contributed by atoms with E-state index in [0.29, 0.717) is 5.82 Å². The molecule has 0 saturated heterocycles. The Morgan fingerprint density at radius 3 is 2.58 bits per heavy atom. The number of hydrogen-bond acceptors (Lipinski definition) is 2. The molecule has 96 valence electrons. The maximum absolute atomic E-state index is 6.23. The molecular formula is C14H11Br2N3. The normalized spacial score (nSPS) is 11.1. The second kappa shape index (κ2) is 4.65. The van der Waals surface area contributed by atoms with Crippen molar-refractivity contribution in [3.8, 4) is 11.3 Å². The molecule has 0 spiro atoms. The molecule has 0 radical (unpaired) electrons. The first kappa shape index (κ1) is 12.7. The molecule has 0 atom stereocenters. The fourth-order valence-corrected chi connectivity index (χ4v) is 2.76. The van der Waals surface area contributed by atoms with Crippen LogP contribution in [0.2, 0.25) is 0 Å². The molecule has 0 aliphatic rings. The van der Waals surface area contributed by atoms with E-state index in [1.807, 2.05) is 47.7 Å². The molecule has 19 heavy (non-hydrogen) atoms. The van der Waals surface area contributed by atoms with Gasteiger partial charge in [0.15, 0.2) is 0 Å². The molecule has 0 saturated carbocycles. The van der Waals surface area contributed by atoms with Crippen molar-refractivity contribution < 1.29 is 0 Å². The Morgan fingerprint density at radius 2 is 1.89 bits per heavy atom. The molecule has 2 aromatic heterocycles. The van der Waals surface area contributed by atoms with E-state index >= 15 is 0 Å². The average molecular weight is 381 g/mol. The monoisotopic (exact) mass is 379 g/mol. The predicted molar refractivity (Wildman–Crippen MR) is 85.2 cm³/mol. The number of nitrogen functional groups attached to an aromatic ring is 1. The van der Waals surface area contributed by atoms with Gasteiger partial charge in [-0.3, -0.25) is 4.40 Å². The summed E-state index contributed by atoms with van der Waals surface area (Å²) in [6, 6.07) is 12.0. The number of fused-ring (bicyclic) bond motifs is 1. The molecule has 0 bridgehead atoms. The minimum Gasteiger partial charge on any atom is -0.383 e. The molecule has 1 aromatic carbocycles. The van der Waals surface area contributed by atoms with E-state index < -0.39 is 0 Å². The SMILES string of the molecule is Cc1cccc2nc(-c3ccc(Br)c(Br)c3)c(N)n12. The van der Waals surface area contributed by atoms with Gasteiger partial charge in [0.2, 0.25) is 0 Å². The van der Waals surface area contributed by atoms with E-state index in [0.717, 1.165) is 31.5 Å². The fourth-order valence-electron chi connectivity index (χ4n) is 2.14. The van der Waals surface area contributed by atoms with Crippen LogP contribution in [0.15, 0.2) is 45.3 Å². The number of nitrogens with zero attached hydrogens (tertiary/aromatic N) is 2. The van der Waals surface area contributed by atoms with Crippen molar-refractivity contribution in [2.24, 2.45) is 0 Å². The quantitative estimate of drug-likeness (QED) is 0.679. The highest BCUT2D eigenvalue weighted by Gasteiger charge is 2.13. The number of aryl methyl sites for hydroxylation is 1. The number of imidazole rings is 1. The van der Waals surface area contributed by atoms with Crippen LogP contribution < -0.4 is 5.73 Å². The van der Waals surface area contributed by atoms with E-state index in [4.69, 9.17) is 5.73 Å². The molecule has 2 heterocycles. The molecule has 0 unspecified atom stereocenters. The smallest absolute Gasteiger partial charge is 0.139 e. The third-order valence-electron chi connectivity index (χ3n) is 3.07. The highest BCUT2D eigenvalue weighted by molar-refractivity contribution is 9.13. The summed E-state index contributed by atoms with van der Waals surface area (Å²) < 4.78 is 3.96. The summed E-state index contributed by atoms with van der Waals surface area (Å²) in [6.45, 7) is 2.02. The van der Waals surface area contributed by atoms with Crippen LogP contribution in [0.3, 0.4) is 0 Å². The van der Waals surface area contributed by atoms with E-state index in [9.17, 15) is 0 Å². The molecule has 0 amide bonds. The van der Waals surface area contributed by atoms with Crippen molar-refractivity contribution >= 4 is 43.3 Å². The molecular weight excluding hydrogens is 370 g/mol. The summed E-state index contributed by atoms with van der Waals surface area (Å²) in [5.74, 6) is 0.669. The summed E-state index contributed by atoms with van der Waals surface area (Å²) in [5, 5.41) is 0. The molecule has 3 nitrogen and oxygen atoms in total. The van der Waals surface area contributed by atoms with E-state index in [2.05, 4.69) is 36.8 Å². The number of nitrogens with two attached hydrogens (primary N) is 1. The molecule has 0 aliphatic carbocycles. The molecule has 3 rings (SSSR count). The maximum Gasteiger partial charge on any atom is 0.139 e. The van der Waals surface area contributed by atoms with Crippen LogP contribution in [0.1, 0.15) is 5.69 Å². The second-order valence-electron chi connectivity index (χ2n) is 4.34. The van der Waals surface area contributed by atoms with Gasteiger partial charge < -0.3 is 5.73 Å². The first-order chi connectivity index (χ1) is 9.08. The van der Waals surface area contributed by atoms with Gasteiger partial charge in [-0.2, -0.15) is 0 Å². The first-order valence-corrected chi connectivity index (χ1v) is 7.35. The van der Waals surface area contributed by atoms with Crippen LogP contribution in [-0.4, -0.2) is 9.38 Å². The lowest BCUT2D eigenvalue weighted by atomic mass is 10.1. The average Bonchev–Trinajstić information content (AvgIpc) is 2.72. The summed E-state index contributed by atoms with van der Waals surface area (Å²) in [7, 11) is 0. The molecule has 3 aromatic rings. The Balaban J connectivity index is 2.28. The Labute approximate surface area is 127 Å². The summed E-state index contributed by atoms with van der Waals surface area (Å²) >= 11 is 6.97. The van der Waals surface area contributed by atoms with Crippen molar-refractivity contribution in [3.63, 3.8) is 0 Å². The second-order valence-corrected chi connectivity index (χ2v) is 6.04. The number of anilines is 1. The van der Waals surface area contributed by atoms with E-state index in [1.54, 1.807) is 0 Å². The molecule has 2 N–H and O–H groups in total. The Morgan fingerprint density at radius 1 is 1.11 bits per heavy atom. The summed E-state index contributed by atoms with van der Waals surface area (Å²) in [5.41, 5.74) is 9.98. The van der Waals surface area contributed by atoms with Crippen molar-refractivity contribution in [1.29, 1.82) is 0 Å². The maximum atomic E-state index is 6.23. The zero-order chi connectivity index (χ0) is 13.6. The van der Waals surface area contributed by atoms with Crippen LogP contribution in [0.4, 0.5) is 5.82 Å². The lowest BCUT2D eigenvalue weighted by molar-refractivity contribution is 1.10. The van der Waals surface area contributed by atoms with Gasteiger partial charge in [-0.05, 0) is 63.0 Å². The van der Waals surface area contributed by atoms with Crippen molar-refractivity contribution in [2.75, 3.05) is 5.73 Å². The zero-order valence-electron chi connectivity index (χ0n) is 10.2. The van der Waals surface area contributed by atoms with Crippen molar-refractivity contribution in [2.45, 2.75) is 6.92 Å². The number of aromatic nitrogens is 2. The highest BCUT2D eigenvalue weighted by atomic mass is 79.9. The van der Waals surface area contributed by atoms with Crippen LogP contribution in [0.5, 0.6) is 0 Å².